The van der Waals surface area contributed by atoms with E-state index < -0.39 is 23.9 Å². The monoisotopic (exact) mass is 433 g/mol. The first-order valence-corrected chi connectivity index (χ1v) is 12.9. The highest BCUT2D eigenvalue weighted by Gasteiger charge is 2.44. The Morgan fingerprint density at radius 2 is 1.24 bits per heavy atom. The smallest absolute Gasteiger partial charge is 0.219 e. The van der Waals surface area contributed by atoms with Crippen LogP contribution in [0.25, 0.3) is 6.08 Å². The standard InChI is InChI=1S/C22H27NO4S2/c1-3-5-15-23(16-6-4-2)19-13-11-18(12-14-19)17-22-28(24,25)20-9-7-8-10-21(20)29(22,26)27/h7-14,17H,3-6,15-16H2,1-2H3. The molecule has 0 unspecified atom stereocenters. The molecule has 0 radical (unpaired) electrons. The minimum atomic E-state index is -4.04. The van der Waals surface area contributed by atoms with E-state index in [1.165, 1.54) is 30.3 Å². The molecule has 0 atom stereocenters. The molecule has 1 aliphatic rings. The lowest BCUT2D eigenvalue weighted by molar-refractivity contribution is 0.603. The van der Waals surface area contributed by atoms with Crippen LogP contribution in [0.1, 0.15) is 45.1 Å². The second-order valence-corrected chi connectivity index (χ2v) is 11.2. The summed E-state index contributed by atoms with van der Waals surface area (Å²) in [5.41, 5.74) is 1.61. The maximum atomic E-state index is 12.8. The van der Waals surface area contributed by atoms with E-state index in [-0.39, 0.29) is 9.79 Å². The highest BCUT2D eigenvalue weighted by Crippen LogP contribution is 2.41. The van der Waals surface area contributed by atoms with Crippen molar-refractivity contribution in [2.24, 2.45) is 0 Å². The van der Waals surface area contributed by atoms with Gasteiger partial charge in [-0.05, 0) is 48.7 Å². The van der Waals surface area contributed by atoms with Crippen molar-refractivity contribution in [3.63, 3.8) is 0 Å². The molecular weight excluding hydrogens is 406 g/mol. The Balaban J connectivity index is 1.94. The van der Waals surface area contributed by atoms with Gasteiger partial charge in [-0.3, -0.25) is 0 Å². The summed E-state index contributed by atoms with van der Waals surface area (Å²) < 4.78 is 50.5. The van der Waals surface area contributed by atoms with Gasteiger partial charge in [0.15, 0.2) is 4.24 Å². The number of unbranched alkanes of at least 4 members (excludes halogenated alkanes) is 2. The molecule has 0 saturated carbocycles. The van der Waals surface area contributed by atoms with Gasteiger partial charge in [0, 0.05) is 18.8 Å². The zero-order valence-electron chi connectivity index (χ0n) is 16.8. The van der Waals surface area contributed by atoms with Crippen LogP contribution < -0.4 is 4.90 Å². The molecule has 2 aromatic carbocycles. The summed E-state index contributed by atoms with van der Waals surface area (Å²) in [6.07, 6.45) is 5.69. The van der Waals surface area contributed by atoms with Gasteiger partial charge in [-0.25, -0.2) is 16.8 Å². The third-order valence-electron chi connectivity index (χ3n) is 5.06. The van der Waals surface area contributed by atoms with E-state index in [0.29, 0.717) is 5.56 Å². The number of benzene rings is 2. The summed E-state index contributed by atoms with van der Waals surface area (Å²) in [7, 11) is -8.08. The number of nitrogens with zero attached hydrogens (tertiary/aromatic N) is 1. The second kappa shape index (κ2) is 8.71. The molecule has 0 saturated heterocycles. The van der Waals surface area contributed by atoms with Crippen molar-refractivity contribution in [1.82, 2.24) is 0 Å². The number of rotatable bonds is 8. The number of sulfone groups is 2. The first-order valence-electron chi connectivity index (χ1n) is 9.98. The van der Waals surface area contributed by atoms with Crippen molar-refractivity contribution >= 4 is 31.4 Å². The molecule has 0 fully saturated rings. The van der Waals surface area contributed by atoms with Crippen LogP contribution in [-0.2, 0) is 19.7 Å². The molecule has 156 valence electrons. The van der Waals surface area contributed by atoms with E-state index >= 15 is 0 Å². The van der Waals surface area contributed by atoms with Crippen LogP contribution in [0.3, 0.4) is 0 Å². The third kappa shape index (κ3) is 4.26. The Morgan fingerprint density at radius 1 is 0.759 bits per heavy atom. The topological polar surface area (TPSA) is 71.5 Å². The third-order valence-corrected chi connectivity index (χ3v) is 9.67. The lowest BCUT2D eigenvalue weighted by Gasteiger charge is -2.24. The largest absolute Gasteiger partial charge is 0.372 e. The first-order chi connectivity index (χ1) is 13.8. The molecule has 0 N–H and O–H groups in total. The Hall–Kier alpha value is -2.12. The van der Waals surface area contributed by atoms with E-state index in [1.54, 1.807) is 12.1 Å². The summed E-state index contributed by atoms with van der Waals surface area (Å²) >= 11 is 0. The van der Waals surface area contributed by atoms with Gasteiger partial charge in [0.25, 0.3) is 0 Å². The molecule has 7 heteroatoms. The molecule has 2 aromatic rings. The van der Waals surface area contributed by atoms with Gasteiger partial charge in [-0.2, -0.15) is 0 Å². The van der Waals surface area contributed by atoms with Crippen molar-refractivity contribution in [2.45, 2.75) is 49.3 Å². The minimum Gasteiger partial charge on any atom is -0.372 e. The highest BCUT2D eigenvalue weighted by atomic mass is 32.3. The second-order valence-electron chi connectivity index (χ2n) is 7.20. The molecule has 1 aliphatic heterocycles. The molecule has 0 spiro atoms. The van der Waals surface area contributed by atoms with E-state index in [9.17, 15) is 16.8 Å². The molecule has 5 nitrogen and oxygen atoms in total. The normalized spacial score (nSPS) is 16.4. The average Bonchev–Trinajstić information content (AvgIpc) is 2.86. The molecule has 0 bridgehead atoms. The fourth-order valence-electron chi connectivity index (χ4n) is 3.40. The molecule has 1 heterocycles. The summed E-state index contributed by atoms with van der Waals surface area (Å²) in [4.78, 5) is 2.03. The lowest BCUT2D eigenvalue weighted by atomic mass is 10.1. The van der Waals surface area contributed by atoms with E-state index in [4.69, 9.17) is 0 Å². The van der Waals surface area contributed by atoms with Gasteiger partial charge in [-0.1, -0.05) is 51.0 Å². The Morgan fingerprint density at radius 3 is 1.69 bits per heavy atom. The first kappa shape index (κ1) is 21.6. The van der Waals surface area contributed by atoms with Crippen LogP contribution in [0.15, 0.2) is 62.6 Å². The maximum absolute atomic E-state index is 12.8. The molecule has 0 amide bonds. The molecule has 3 rings (SSSR count). The number of anilines is 1. The highest BCUT2D eigenvalue weighted by molar-refractivity contribution is 8.17. The summed E-state index contributed by atoms with van der Waals surface area (Å²) in [5, 5.41) is 0. The lowest BCUT2D eigenvalue weighted by Crippen LogP contribution is -2.25. The van der Waals surface area contributed by atoms with Crippen LogP contribution in [0, 0.1) is 0 Å². The molecule has 0 aliphatic carbocycles. The number of hydrogen-bond acceptors (Lipinski definition) is 5. The molecule has 0 aromatic heterocycles. The Bertz CT molecular complexity index is 1040. The van der Waals surface area contributed by atoms with Gasteiger partial charge < -0.3 is 4.90 Å². The van der Waals surface area contributed by atoms with Gasteiger partial charge >= 0.3 is 0 Å². The van der Waals surface area contributed by atoms with Crippen molar-refractivity contribution in [3.8, 4) is 0 Å². The SMILES string of the molecule is CCCCN(CCCC)c1ccc(C=C2S(=O)(=O)c3ccccc3S2(=O)=O)cc1. The predicted octanol–water partition coefficient (Wildman–Crippen LogP) is 4.65. The van der Waals surface area contributed by atoms with Crippen molar-refractivity contribution < 1.29 is 16.8 Å². The van der Waals surface area contributed by atoms with Gasteiger partial charge in [-0.15, -0.1) is 0 Å². The summed E-state index contributed by atoms with van der Waals surface area (Å²) in [6.45, 7) is 6.26. The molecule has 29 heavy (non-hydrogen) atoms. The summed E-state index contributed by atoms with van der Waals surface area (Å²) in [6, 6.07) is 13.2. The minimum absolute atomic E-state index is 0.145. The Kier molecular flexibility index (Phi) is 6.49. The van der Waals surface area contributed by atoms with Crippen molar-refractivity contribution in [1.29, 1.82) is 0 Å². The van der Waals surface area contributed by atoms with Gasteiger partial charge in [0.2, 0.25) is 19.7 Å². The fourth-order valence-corrected chi connectivity index (χ4v) is 7.95. The van der Waals surface area contributed by atoms with Crippen molar-refractivity contribution in [2.75, 3.05) is 18.0 Å². The van der Waals surface area contributed by atoms with Gasteiger partial charge in [0.1, 0.15) is 0 Å². The van der Waals surface area contributed by atoms with E-state index in [2.05, 4.69) is 18.7 Å². The zero-order valence-corrected chi connectivity index (χ0v) is 18.5. The van der Waals surface area contributed by atoms with Crippen LogP contribution in [0.5, 0.6) is 0 Å². The van der Waals surface area contributed by atoms with Crippen LogP contribution in [0.2, 0.25) is 0 Å². The van der Waals surface area contributed by atoms with E-state index in [1.807, 2.05) is 12.1 Å². The van der Waals surface area contributed by atoms with E-state index in [0.717, 1.165) is 44.5 Å². The molecular formula is C22H27NO4S2. The Labute approximate surface area is 173 Å². The quantitative estimate of drug-likeness (QED) is 0.606. The average molecular weight is 434 g/mol. The van der Waals surface area contributed by atoms with Crippen LogP contribution >= 0.6 is 0 Å². The maximum Gasteiger partial charge on any atom is 0.219 e. The number of hydrogen-bond donors (Lipinski definition) is 0. The van der Waals surface area contributed by atoms with Crippen molar-refractivity contribution in [3.05, 3.63) is 58.3 Å². The number of fused-ring (bicyclic) bond motifs is 1. The van der Waals surface area contributed by atoms with Crippen LogP contribution in [-0.4, -0.2) is 29.9 Å². The summed E-state index contributed by atoms with van der Waals surface area (Å²) in [5.74, 6) is 0. The predicted molar refractivity (Wildman–Crippen MR) is 117 cm³/mol. The fraction of sp³-hybridized carbons (Fsp3) is 0.364. The zero-order chi connectivity index (χ0) is 21.1. The van der Waals surface area contributed by atoms with Crippen LogP contribution in [0.4, 0.5) is 5.69 Å². The van der Waals surface area contributed by atoms with Gasteiger partial charge in [0.05, 0.1) is 9.79 Å².